The van der Waals surface area contributed by atoms with Gasteiger partial charge >= 0.3 is 0 Å². The highest BCUT2D eigenvalue weighted by Gasteiger charge is 2.27. The van der Waals surface area contributed by atoms with Gasteiger partial charge in [-0.2, -0.15) is 0 Å². The SMILES string of the molecule is COc1ccccc1-c1nnc2c3ccc(Cl)cc3nc(N3CCN(C(=O)c4ccccc4)CC3)n12. The van der Waals surface area contributed by atoms with Crippen molar-refractivity contribution in [3.63, 3.8) is 0 Å². The van der Waals surface area contributed by atoms with Gasteiger partial charge in [0.15, 0.2) is 11.5 Å². The van der Waals surface area contributed by atoms with Crippen LogP contribution in [0.15, 0.2) is 72.8 Å². The fourth-order valence-corrected chi connectivity index (χ4v) is 4.85. The van der Waals surface area contributed by atoms with Crippen LogP contribution in [0.4, 0.5) is 5.95 Å². The lowest BCUT2D eigenvalue weighted by Crippen LogP contribution is -2.49. The molecule has 1 fully saturated rings. The number of amides is 1. The molecule has 0 aliphatic carbocycles. The number of ether oxygens (including phenoxy) is 1. The number of fused-ring (bicyclic) bond motifs is 3. The van der Waals surface area contributed by atoms with Gasteiger partial charge in [0.1, 0.15) is 5.75 Å². The number of carbonyl (C=O) groups is 1. The monoisotopic (exact) mass is 498 g/mol. The van der Waals surface area contributed by atoms with Crippen LogP contribution in [-0.2, 0) is 0 Å². The normalized spacial score (nSPS) is 13.9. The van der Waals surface area contributed by atoms with Crippen LogP contribution in [0.3, 0.4) is 0 Å². The van der Waals surface area contributed by atoms with Crippen LogP contribution in [0.2, 0.25) is 5.02 Å². The van der Waals surface area contributed by atoms with Crippen molar-refractivity contribution in [1.29, 1.82) is 0 Å². The number of rotatable bonds is 4. The Hall–Kier alpha value is -4.17. The molecule has 1 amide bonds. The van der Waals surface area contributed by atoms with Crippen LogP contribution in [0.1, 0.15) is 10.4 Å². The number of carbonyl (C=O) groups excluding carboxylic acids is 1. The van der Waals surface area contributed by atoms with Gasteiger partial charge < -0.3 is 14.5 Å². The Kier molecular flexibility index (Phi) is 5.65. The van der Waals surface area contributed by atoms with Gasteiger partial charge in [0.05, 0.1) is 18.2 Å². The molecule has 0 spiro atoms. The average molecular weight is 499 g/mol. The van der Waals surface area contributed by atoms with Crippen LogP contribution in [-0.4, -0.2) is 63.7 Å². The third-order valence-corrected chi connectivity index (χ3v) is 6.74. The molecule has 0 radical (unpaired) electrons. The number of hydrogen-bond acceptors (Lipinski definition) is 6. The molecule has 3 aromatic carbocycles. The van der Waals surface area contributed by atoms with E-state index in [2.05, 4.69) is 15.1 Å². The molecule has 5 aromatic rings. The second kappa shape index (κ2) is 9.13. The van der Waals surface area contributed by atoms with Crippen LogP contribution < -0.4 is 9.64 Å². The summed E-state index contributed by atoms with van der Waals surface area (Å²) in [6.45, 7) is 2.40. The fraction of sp³-hybridized carbons (Fsp3) is 0.185. The Labute approximate surface area is 212 Å². The zero-order valence-corrected chi connectivity index (χ0v) is 20.4. The van der Waals surface area contributed by atoms with Crippen molar-refractivity contribution in [2.24, 2.45) is 0 Å². The Morgan fingerprint density at radius 3 is 2.44 bits per heavy atom. The van der Waals surface area contributed by atoms with Gasteiger partial charge in [-0.15, -0.1) is 10.2 Å². The van der Waals surface area contributed by atoms with E-state index in [1.807, 2.05) is 82.1 Å². The molecular weight excluding hydrogens is 476 g/mol. The number of para-hydroxylation sites is 1. The van der Waals surface area contributed by atoms with Crippen molar-refractivity contribution in [2.45, 2.75) is 0 Å². The molecule has 1 aliphatic heterocycles. The third kappa shape index (κ3) is 3.79. The van der Waals surface area contributed by atoms with Crippen molar-refractivity contribution >= 4 is 40.0 Å². The molecule has 1 saturated heterocycles. The van der Waals surface area contributed by atoms with Gasteiger partial charge in [-0.1, -0.05) is 41.9 Å². The molecule has 36 heavy (non-hydrogen) atoms. The summed E-state index contributed by atoms with van der Waals surface area (Å²) in [5, 5.41) is 10.6. The van der Waals surface area contributed by atoms with Gasteiger partial charge in [0, 0.05) is 42.2 Å². The molecule has 0 N–H and O–H groups in total. The van der Waals surface area contributed by atoms with Crippen molar-refractivity contribution in [1.82, 2.24) is 24.5 Å². The fourth-order valence-electron chi connectivity index (χ4n) is 4.68. The maximum atomic E-state index is 13.0. The first-order valence-electron chi connectivity index (χ1n) is 11.7. The van der Waals surface area contributed by atoms with Crippen LogP contribution in [0, 0.1) is 0 Å². The van der Waals surface area contributed by atoms with E-state index in [4.69, 9.17) is 21.3 Å². The van der Waals surface area contributed by atoms with Gasteiger partial charge in [-0.25, -0.2) is 9.38 Å². The molecule has 6 rings (SSSR count). The Morgan fingerprint density at radius 1 is 0.917 bits per heavy atom. The van der Waals surface area contributed by atoms with Gasteiger partial charge in [0.2, 0.25) is 5.95 Å². The van der Waals surface area contributed by atoms with Crippen LogP contribution >= 0.6 is 11.6 Å². The second-order valence-corrected chi connectivity index (χ2v) is 9.04. The zero-order valence-electron chi connectivity index (χ0n) is 19.6. The number of benzene rings is 3. The number of aromatic nitrogens is 4. The summed E-state index contributed by atoms with van der Waals surface area (Å²) in [5.41, 5.74) is 2.95. The summed E-state index contributed by atoms with van der Waals surface area (Å²) in [5.74, 6) is 2.09. The zero-order chi connectivity index (χ0) is 24.6. The van der Waals surface area contributed by atoms with Gasteiger partial charge in [-0.3, -0.25) is 4.79 Å². The molecule has 0 saturated carbocycles. The summed E-state index contributed by atoms with van der Waals surface area (Å²) in [6.07, 6.45) is 0. The van der Waals surface area contributed by atoms with E-state index in [-0.39, 0.29) is 5.91 Å². The van der Waals surface area contributed by atoms with E-state index in [1.165, 1.54) is 0 Å². The Morgan fingerprint density at radius 2 is 1.67 bits per heavy atom. The van der Waals surface area contributed by atoms with Crippen molar-refractivity contribution in [3.05, 3.63) is 83.4 Å². The highest BCUT2D eigenvalue weighted by atomic mass is 35.5. The summed E-state index contributed by atoms with van der Waals surface area (Å²) >= 11 is 6.30. The summed E-state index contributed by atoms with van der Waals surface area (Å²) in [4.78, 5) is 22.0. The molecule has 0 unspecified atom stereocenters. The Bertz CT molecular complexity index is 1580. The topological polar surface area (TPSA) is 75.9 Å². The second-order valence-electron chi connectivity index (χ2n) is 8.60. The van der Waals surface area contributed by atoms with Crippen LogP contribution in [0.25, 0.3) is 27.9 Å². The standard InChI is InChI=1S/C27H23ClN6O2/c1-36-23-10-6-5-9-21(23)25-31-30-24-20-12-11-19(28)17-22(20)29-27(34(24)25)33-15-13-32(14-16-33)26(35)18-7-3-2-4-8-18/h2-12,17H,13-16H2,1H3. The lowest BCUT2D eigenvalue weighted by molar-refractivity contribution is 0.0746. The first kappa shape index (κ1) is 22.3. The number of nitrogens with zero attached hydrogens (tertiary/aromatic N) is 6. The summed E-state index contributed by atoms with van der Waals surface area (Å²) in [7, 11) is 1.64. The minimum absolute atomic E-state index is 0.0395. The van der Waals surface area contributed by atoms with Crippen molar-refractivity contribution in [2.75, 3.05) is 38.2 Å². The summed E-state index contributed by atoms with van der Waals surface area (Å²) in [6, 6.07) is 22.7. The van der Waals surface area contributed by atoms with E-state index in [1.54, 1.807) is 7.11 Å². The van der Waals surface area contributed by atoms with Crippen LogP contribution in [0.5, 0.6) is 5.75 Å². The molecule has 9 heteroatoms. The predicted octanol–water partition coefficient (Wildman–Crippen LogP) is 4.57. The molecule has 0 bridgehead atoms. The minimum atomic E-state index is 0.0395. The van der Waals surface area contributed by atoms with Crippen molar-refractivity contribution < 1.29 is 9.53 Å². The lowest BCUT2D eigenvalue weighted by Gasteiger charge is -2.35. The molecule has 180 valence electrons. The maximum Gasteiger partial charge on any atom is 0.253 e. The maximum absolute atomic E-state index is 13.0. The quantitative estimate of drug-likeness (QED) is 0.361. The average Bonchev–Trinajstić information content (AvgIpc) is 3.38. The third-order valence-electron chi connectivity index (χ3n) is 6.50. The first-order chi connectivity index (χ1) is 17.6. The first-order valence-corrected chi connectivity index (χ1v) is 12.1. The van der Waals surface area contributed by atoms with E-state index in [0.29, 0.717) is 59.9 Å². The number of anilines is 1. The molecule has 1 aliphatic rings. The number of halogens is 1. The molecular formula is C27H23ClN6O2. The highest BCUT2D eigenvalue weighted by Crippen LogP contribution is 2.33. The molecule has 8 nitrogen and oxygen atoms in total. The lowest BCUT2D eigenvalue weighted by atomic mass is 10.1. The minimum Gasteiger partial charge on any atom is -0.496 e. The van der Waals surface area contributed by atoms with E-state index in [9.17, 15) is 4.79 Å². The van der Waals surface area contributed by atoms with Gasteiger partial charge in [-0.05, 0) is 42.5 Å². The Balaban J connectivity index is 1.43. The number of hydrogen-bond donors (Lipinski definition) is 0. The van der Waals surface area contributed by atoms with Gasteiger partial charge in [0.25, 0.3) is 5.91 Å². The van der Waals surface area contributed by atoms with E-state index in [0.717, 1.165) is 16.5 Å². The largest absolute Gasteiger partial charge is 0.496 e. The molecule has 3 heterocycles. The van der Waals surface area contributed by atoms with Crippen molar-refractivity contribution in [3.8, 4) is 17.1 Å². The van der Waals surface area contributed by atoms with E-state index < -0.39 is 0 Å². The number of piperazine rings is 1. The highest BCUT2D eigenvalue weighted by molar-refractivity contribution is 6.31. The molecule has 2 aromatic heterocycles. The summed E-state index contributed by atoms with van der Waals surface area (Å²) < 4.78 is 7.59. The smallest absolute Gasteiger partial charge is 0.253 e. The molecule has 0 atom stereocenters. The predicted molar refractivity (Wildman–Crippen MR) is 140 cm³/mol. The number of methoxy groups -OCH3 is 1. The van der Waals surface area contributed by atoms with E-state index >= 15 is 0 Å².